The third kappa shape index (κ3) is 1.71. The standard InChI is InChI=1S/C12H22O3/c1-5-6-12-13-7-11(8-14-12,9-15-12)10(2,3)4/h5-9H2,1-4H3. The number of hydrogen-bond acceptors (Lipinski definition) is 3. The Morgan fingerprint density at radius 1 is 1.00 bits per heavy atom. The van der Waals surface area contributed by atoms with Gasteiger partial charge in [-0.1, -0.05) is 27.7 Å². The molecule has 0 saturated carbocycles. The zero-order chi connectivity index (χ0) is 11.2. The van der Waals surface area contributed by atoms with Crippen molar-refractivity contribution in [2.24, 2.45) is 10.8 Å². The molecule has 88 valence electrons. The fraction of sp³-hybridized carbons (Fsp3) is 1.00. The summed E-state index contributed by atoms with van der Waals surface area (Å²) < 4.78 is 17.4. The Labute approximate surface area is 92.1 Å². The first-order chi connectivity index (χ1) is 6.93. The molecule has 3 fully saturated rings. The lowest BCUT2D eigenvalue weighted by Gasteiger charge is -2.56. The van der Waals surface area contributed by atoms with E-state index >= 15 is 0 Å². The first kappa shape index (κ1) is 11.4. The molecule has 2 bridgehead atoms. The zero-order valence-corrected chi connectivity index (χ0v) is 10.3. The summed E-state index contributed by atoms with van der Waals surface area (Å²) in [5.41, 5.74) is 0.189. The summed E-state index contributed by atoms with van der Waals surface area (Å²) >= 11 is 0. The van der Waals surface area contributed by atoms with Crippen molar-refractivity contribution in [1.29, 1.82) is 0 Å². The summed E-state index contributed by atoms with van der Waals surface area (Å²) in [5.74, 6) is -0.720. The second-order valence-electron chi connectivity index (χ2n) is 5.83. The van der Waals surface area contributed by atoms with Gasteiger partial charge < -0.3 is 14.2 Å². The van der Waals surface area contributed by atoms with Crippen LogP contribution in [0.1, 0.15) is 40.5 Å². The SMILES string of the molecule is CCCC12OCC(C(C)(C)C)(CO1)CO2. The third-order valence-corrected chi connectivity index (χ3v) is 3.85. The molecule has 0 aromatic carbocycles. The van der Waals surface area contributed by atoms with Crippen LogP contribution in [0.2, 0.25) is 0 Å². The molecule has 0 atom stereocenters. The normalized spacial score (nSPS) is 40.8. The molecular weight excluding hydrogens is 192 g/mol. The number of rotatable bonds is 2. The Balaban J connectivity index is 2.11. The van der Waals surface area contributed by atoms with Crippen molar-refractivity contribution >= 4 is 0 Å². The Bertz CT molecular complexity index is 217. The van der Waals surface area contributed by atoms with Gasteiger partial charge in [-0.3, -0.25) is 0 Å². The predicted octanol–water partition coefficient (Wildman–Crippen LogP) is 2.55. The average molecular weight is 214 g/mol. The fourth-order valence-corrected chi connectivity index (χ4v) is 2.17. The highest BCUT2D eigenvalue weighted by molar-refractivity contribution is 4.96. The minimum Gasteiger partial charge on any atom is -0.327 e. The maximum Gasteiger partial charge on any atom is 0.282 e. The Kier molecular flexibility index (Phi) is 2.61. The molecule has 0 aromatic heterocycles. The third-order valence-electron chi connectivity index (χ3n) is 3.85. The summed E-state index contributed by atoms with van der Waals surface area (Å²) in [7, 11) is 0. The Morgan fingerprint density at radius 2 is 1.47 bits per heavy atom. The molecule has 0 amide bonds. The van der Waals surface area contributed by atoms with Gasteiger partial charge >= 0.3 is 0 Å². The van der Waals surface area contributed by atoms with E-state index in [1.54, 1.807) is 0 Å². The molecule has 3 saturated heterocycles. The van der Waals surface area contributed by atoms with Gasteiger partial charge in [-0.05, 0) is 11.8 Å². The van der Waals surface area contributed by atoms with Gasteiger partial charge in [-0.15, -0.1) is 0 Å². The summed E-state index contributed by atoms with van der Waals surface area (Å²) in [6, 6.07) is 0. The van der Waals surface area contributed by atoms with Gasteiger partial charge in [-0.2, -0.15) is 0 Å². The van der Waals surface area contributed by atoms with Crippen LogP contribution in [-0.2, 0) is 14.2 Å². The number of fused-ring (bicyclic) bond motifs is 3. The van der Waals surface area contributed by atoms with E-state index in [4.69, 9.17) is 14.2 Å². The Morgan fingerprint density at radius 3 is 1.80 bits per heavy atom. The van der Waals surface area contributed by atoms with Crippen LogP contribution in [0.5, 0.6) is 0 Å². The highest BCUT2D eigenvalue weighted by Crippen LogP contribution is 2.49. The van der Waals surface area contributed by atoms with Crippen molar-refractivity contribution in [3.63, 3.8) is 0 Å². The van der Waals surface area contributed by atoms with Gasteiger partial charge in [0, 0.05) is 11.8 Å². The van der Waals surface area contributed by atoms with Crippen LogP contribution in [0.4, 0.5) is 0 Å². The fourth-order valence-electron chi connectivity index (χ4n) is 2.17. The molecule has 3 nitrogen and oxygen atoms in total. The van der Waals surface area contributed by atoms with Gasteiger partial charge in [-0.25, -0.2) is 0 Å². The van der Waals surface area contributed by atoms with Gasteiger partial charge in [0.2, 0.25) is 0 Å². The minimum atomic E-state index is -0.720. The molecule has 3 aliphatic rings. The van der Waals surface area contributed by atoms with Gasteiger partial charge in [0.15, 0.2) is 0 Å². The van der Waals surface area contributed by atoms with Crippen LogP contribution in [-0.4, -0.2) is 25.8 Å². The van der Waals surface area contributed by atoms with Gasteiger partial charge in [0.05, 0.1) is 19.8 Å². The molecule has 0 unspecified atom stereocenters. The lowest BCUT2D eigenvalue weighted by molar-refractivity contribution is -0.479. The topological polar surface area (TPSA) is 27.7 Å². The first-order valence-corrected chi connectivity index (χ1v) is 5.85. The maximum absolute atomic E-state index is 5.79. The predicted molar refractivity (Wildman–Crippen MR) is 57.4 cm³/mol. The molecule has 0 aromatic rings. The average Bonchev–Trinajstić information content (AvgIpc) is 2.19. The lowest BCUT2D eigenvalue weighted by atomic mass is 9.67. The lowest BCUT2D eigenvalue weighted by Crippen LogP contribution is -2.64. The van der Waals surface area contributed by atoms with Gasteiger partial charge in [0.25, 0.3) is 5.97 Å². The van der Waals surface area contributed by atoms with Crippen LogP contribution in [0.15, 0.2) is 0 Å². The van der Waals surface area contributed by atoms with E-state index in [1.165, 1.54) is 0 Å². The molecule has 0 N–H and O–H groups in total. The second kappa shape index (κ2) is 3.44. The summed E-state index contributed by atoms with van der Waals surface area (Å²) in [6.07, 6.45) is 1.84. The van der Waals surface area contributed by atoms with Crippen molar-refractivity contribution in [2.45, 2.75) is 46.5 Å². The maximum atomic E-state index is 5.79. The molecule has 0 aliphatic carbocycles. The van der Waals surface area contributed by atoms with Crippen molar-refractivity contribution in [1.82, 2.24) is 0 Å². The molecule has 15 heavy (non-hydrogen) atoms. The molecule has 0 radical (unpaired) electrons. The van der Waals surface area contributed by atoms with Crippen LogP contribution < -0.4 is 0 Å². The van der Waals surface area contributed by atoms with Gasteiger partial charge in [0.1, 0.15) is 0 Å². The quantitative estimate of drug-likeness (QED) is 0.707. The smallest absolute Gasteiger partial charge is 0.282 e. The molecular formula is C12H22O3. The highest BCUT2D eigenvalue weighted by Gasteiger charge is 2.56. The largest absolute Gasteiger partial charge is 0.327 e. The number of hydrogen-bond donors (Lipinski definition) is 0. The highest BCUT2D eigenvalue weighted by atomic mass is 16.9. The van der Waals surface area contributed by atoms with E-state index in [0.717, 1.165) is 32.7 Å². The molecule has 3 heteroatoms. The van der Waals surface area contributed by atoms with Crippen LogP contribution in [0.25, 0.3) is 0 Å². The van der Waals surface area contributed by atoms with E-state index in [9.17, 15) is 0 Å². The zero-order valence-electron chi connectivity index (χ0n) is 10.3. The second-order valence-corrected chi connectivity index (χ2v) is 5.83. The van der Waals surface area contributed by atoms with E-state index in [0.29, 0.717) is 0 Å². The summed E-state index contributed by atoms with van der Waals surface area (Å²) in [5, 5.41) is 0. The Hall–Kier alpha value is -0.120. The molecule has 0 spiro atoms. The van der Waals surface area contributed by atoms with Crippen molar-refractivity contribution in [2.75, 3.05) is 19.8 Å². The summed E-state index contributed by atoms with van der Waals surface area (Å²) in [6.45, 7) is 11.1. The van der Waals surface area contributed by atoms with Crippen molar-refractivity contribution in [3.05, 3.63) is 0 Å². The van der Waals surface area contributed by atoms with Crippen LogP contribution >= 0.6 is 0 Å². The monoisotopic (exact) mass is 214 g/mol. The van der Waals surface area contributed by atoms with Crippen LogP contribution in [0.3, 0.4) is 0 Å². The molecule has 3 rings (SSSR count). The van der Waals surface area contributed by atoms with E-state index in [-0.39, 0.29) is 10.8 Å². The minimum absolute atomic E-state index is 0.0302. The molecule has 3 heterocycles. The number of ether oxygens (including phenoxy) is 3. The van der Waals surface area contributed by atoms with Crippen LogP contribution in [0, 0.1) is 10.8 Å². The van der Waals surface area contributed by atoms with E-state index < -0.39 is 5.97 Å². The van der Waals surface area contributed by atoms with E-state index in [2.05, 4.69) is 27.7 Å². The van der Waals surface area contributed by atoms with Crippen molar-refractivity contribution in [3.8, 4) is 0 Å². The van der Waals surface area contributed by atoms with Crippen molar-refractivity contribution < 1.29 is 14.2 Å². The molecule has 3 aliphatic heterocycles. The first-order valence-electron chi connectivity index (χ1n) is 5.85. The van der Waals surface area contributed by atoms with E-state index in [1.807, 2.05) is 0 Å². The summed E-state index contributed by atoms with van der Waals surface area (Å²) in [4.78, 5) is 0.